The summed E-state index contributed by atoms with van der Waals surface area (Å²) in [6.07, 6.45) is 4.54. The molecule has 0 spiro atoms. The van der Waals surface area contributed by atoms with Gasteiger partial charge in [-0.1, -0.05) is 18.2 Å². The van der Waals surface area contributed by atoms with E-state index >= 15 is 0 Å². The van der Waals surface area contributed by atoms with Crippen molar-refractivity contribution in [1.29, 1.82) is 0 Å². The van der Waals surface area contributed by atoms with E-state index in [-0.39, 0.29) is 12.0 Å². The maximum absolute atomic E-state index is 12.2. The highest BCUT2D eigenvalue weighted by atomic mass is 16.5. The molecule has 1 aromatic carbocycles. The van der Waals surface area contributed by atoms with Crippen molar-refractivity contribution in [2.24, 2.45) is 0 Å². The molecule has 1 atom stereocenters. The standard InChI is InChI=1S/C16H20N2O2/c1-20-13-8-9-18(11-13)16(19)7-6-12-10-17-15-5-3-2-4-14(12)15/h2-5,10,13,17H,6-9,11H2,1H3. The van der Waals surface area contributed by atoms with Crippen molar-refractivity contribution in [3.05, 3.63) is 36.0 Å². The monoisotopic (exact) mass is 272 g/mol. The van der Waals surface area contributed by atoms with E-state index in [1.807, 2.05) is 23.2 Å². The molecule has 4 heteroatoms. The lowest BCUT2D eigenvalue weighted by Crippen LogP contribution is -2.30. The van der Waals surface area contributed by atoms with Gasteiger partial charge in [0.05, 0.1) is 6.10 Å². The fourth-order valence-electron chi connectivity index (χ4n) is 2.89. The van der Waals surface area contributed by atoms with E-state index in [1.54, 1.807) is 7.11 Å². The van der Waals surface area contributed by atoms with Crippen LogP contribution in [-0.4, -0.2) is 42.1 Å². The molecule has 1 aromatic heterocycles. The Hall–Kier alpha value is -1.81. The minimum atomic E-state index is 0.215. The van der Waals surface area contributed by atoms with Crippen LogP contribution in [0.25, 0.3) is 10.9 Å². The number of para-hydroxylation sites is 1. The Bertz CT molecular complexity index is 605. The molecule has 4 nitrogen and oxygen atoms in total. The normalized spacial score (nSPS) is 18.9. The lowest BCUT2D eigenvalue weighted by atomic mass is 10.1. The quantitative estimate of drug-likeness (QED) is 0.928. The van der Waals surface area contributed by atoms with Crippen LogP contribution in [-0.2, 0) is 16.0 Å². The van der Waals surface area contributed by atoms with Crippen LogP contribution in [0.5, 0.6) is 0 Å². The van der Waals surface area contributed by atoms with Crippen molar-refractivity contribution in [2.75, 3.05) is 20.2 Å². The average molecular weight is 272 g/mol. The molecule has 1 amide bonds. The second-order valence-electron chi connectivity index (χ2n) is 5.35. The Morgan fingerprint density at radius 1 is 1.45 bits per heavy atom. The minimum Gasteiger partial charge on any atom is -0.380 e. The van der Waals surface area contributed by atoms with Gasteiger partial charge in [-0.25, -0.2) is 0 Å². The van der Waals surface area contributed by atoms with Crippen LogP contribution in [0.3, 0.4) is 0 Å². The molecule has 1 aliphatic rings. The molecule has 1 fully saturated rings. The molecule has 1 N–H and O–H groups in total. The van der Waals surface area contributed by atoms with Gasteiger partial charge >= 0.3 is 0 Å². The van der Waals surface area contributed by atoms with E-state index in [1.165, 1.54) is 10.9 Å². The van der Waals surface area contributed by atoms with Crippen LogP contribution in [0.4, 0.5) is 0 Å². The largest absolute Gasteiger partial charge is 0.380 e. The molecule has 20 heavy (non-hydrogen) atoms. The summed E-state index contributed by atoms with van der Waals surface area (Å²) in [6, 6.07) is 8.21. The van der Waals surface area contributed by atoms with Crippen molar-refractivity contribution in [3.8, 4) is 0 Å². The van der Waals surface area contributed by atoms with Gasteiger partial charge in [0.15, 0.2) is 0 Å². The van der Waals surface area contributed by atoms with Crippen LogP contribution in [0.2, 0.25) is 0 Å². The molecule has 2 heterocycles. The number of H-pyrrole nitrogens is 1. The lowest BCUT2D eigenvalue weighted by molar-refractivity contribution is -0.130. The summed E-state index contributed by atoms with van der Waals surface area (Å²) >= 11 is 0. The topological polar surface area (TPSA) is 45.3 Å². The molecule has 1 saturated heterocycles. The molecule has 1 unspecified atom stereocenters. The molecule has 0 radical (unpaired) electrons. The molecule has 0 bridgehead atoms. The first-order valence-electron chi connectivity index (χ1n) is 7.13. The number of aryl methyl sites for hydroxylation is 1. The zero-order valence-corrected chi connectivity index (χ0v) is 11.8. The number of ether oxygens (including phenoxy) is 1. The first kappa shape index (κ1) is 13.2. The predicted molar refractivity (Wildman–Crippen MR) is 78.6 cm³/mol. The maximum Gasteiger partial charge on any atom is 0.222 e. The van der Waals surface area contributed by atoms with Gasteiger partial charge in [-0.05, 0) is 24.5 Å². The number of likely N-dealkylation sites (tertiary alicyclic amines) is 1. The number of rotatable bonds is 4. The summed E-state index contributed by atoms with van der Waals surface area (Å²) in [6.45, 7) is 1.56. The van der Waals surface area contributed by atoms with Crippen LogP contribution in [0.15, 0.2) is 30.5 Å². The molecule has 2 aromatic rings. The van der Waals surface area contributed by atoms with Crippen LogP contribution in [0, 0.1) is 0 Å². The number of fused-ring (bicyclic) bond motifs is 1. The van der Waals surface area contributed by atoms with Gasteiger partial charge < -0.3 is 14.6 Å². The Balaban J connectivity index is 1.61. The molecule has 0 aliphatic carbocycles. The van der Waals surface area contributed by atoms with Crippen LogP contribution >= 0.6 is 0 Å². The number of hydrogen-bond acceptors (Lipinski definition) is 2. The number of nitrogens with zero attached hydrogens (tertiary/aromatic N) is 1. The van der Waals surface area contributed by atoms with Gasteiger partial charge in [0.2, 0.25) is 5.91 Å². The van der Waals surface area contributed by atoms with Crippen molar-refractivity contribution >= 4 is 16.8 Å². The van der Waals surface area contributed by atoms with Gasteiger partial charge in [-0.2, -0.15) is 0 Å². The Morgan fingerprint density at radius 3 is 3.10 bits per heavy atom. The summed E-state index contributed by atoms with van der Waals surface area (Å²) in [5.41, 5.74) is 2.35. The Kier molecular flexibility index (Phi) is 3.74. The average Bonchev–Trinajstić information content (AvgIpc) is 3.11. The number of nitrogens with one attached hydrogen (secondary N) is 1. The lowest BCUT2D eigenvalue weighted by Gasteiger charge is -2.15. The molecule has 3 rings (SSSR count). The van der Waals surface area contributed by atoms with E-state index in [0.29, 0.717) is 6.42 Å². The van der Waals surface area contributed by atoms with Gasteiger partial charge in [-0.3, -0.25) is 4.79 Å². The van der Waals surface area contributed by atoms with E-state index in [0.717, 1.165) is 31.4 Å². The third-order valence-electron chi connectivity index (χ3n) is 4.11. The Morgan fingerprint density at radius 2 is 2.30 bits per heavy atom. The van der Waals surface area contributed by atoms with Gasteiger partial charge in [0.1, 0.15) is 0 Å². The fraction of sp³-hybridized carbons (Fsp3) is 0.438. The number of methoxy groups -OCH3 is 1. The summed E-state index contributed by atoms with van der Waals surface area (Å²) in [7, 11) is 1.71. The maximum atomic E-state index is 12.2. The number of amides is 1. The molecule has 0 saturated carbocycles. The molecule has 106 valence electrons. The number of carbonyl (C=O) groups is 1. The SMILES string of the molecule is COC1CCN(C(=O)CCc2c[nH]c3ccccc23)C1. The third-order valence-corrected chi connectivity index (χ3v) is 4.11. The van der Waals surface area contributed by atoms with Crippen molar-refractivity contribution in [1.82, 2.24) is 9.88 Å². The van der Waals surface area contributed by atoms with Crippen molar-refractivity contribution in [2.45, 2.75) is 25.4 Å². The minimum absolute atomic E-state index is 0.215. The van der Waals surface area contributed by atoms with Gasteiger partial charge in [0, 0.05) is 43.7 Å². The molecular formula is C16H20N2O2. The highest BCUT2D eigenvalue weighted by Crippen LogP contribution is 2.20. The van der Waals surface area contributed by atoms with Crippen LogP contribution < -0.4 is 0 Å². The van der Waals surface area contributed by atoms with Gasteiger partial charge in [0.25, 0.3) is 0 Å². The fourth-order valence-corrected chi connectivity index (χ4v) is 2.89. The number of benzene rings is 1. The van der Waals surface area contributed by atoms with Crippen molar-refractivity contribution < 1.29 is 9.53 Å². The summed E-state index contributed by atoms with van der Waals surface area (Å²) in [5, 5.41) is 1.22. The number of carbonyl (C=O) groups excluding carboxylic acids is 1. The summed E-state index contributed by atoms with van der Waals surface area (Å²) in [5.74, 6) is 0.231. The first-order chi connectivity index (χ1) is 9.78. The zero-order chi connectivity index (χ0) is 13.9. The molecule has 1 aliphatic heterocycles. The number of hydrogen-bond donors (Lipinski definition) is 1. The smallest absolute Gasteiger partial charge is 0.222 e. The van der Waals surface area contributed by atoms with E-state index in [4.69, 9.17) is 4.74 Å². The Labute approximate surface area is 118 Å². The predicted octanol–water partition coefficient (Wildman–Crippen LogP) is 2.35. The van der Waals surface area contributed by atoms with Gasteiger partial charge in [-0.15, -0.1) is 0 Å². The van der Waals surface area contributed by atoms with E-state index in [2.05, 4.69) is 17.1 Å². The van der Waals surface area contributed by atoms with Crippen molar-refractivity contribution in [3.63, 3.8) is 0 Å². The number of aromatic amines is 1. The van der Waals surface area contributed by atoms with E-state index < -0.39 is 0 Å². The second-order valence-corrected chi connectivity index (χ2v) is 5.35. The third kappa shape index (κ3) is 2.56. The first-order valence-corrected chi connectivity index (χ1v) is 7.13. The van der Waals surface area contributed by atoms with Crippen LogP contribution in [0.1, 0.15) is 18.4 Å². The second kappa shape index (κ2) is 5.67. The highest BCUT2D eigenvalue weighted by molar-refractivity contribution is 5.84. The summed E-state index contributed by atoms with van der Waals surface area (Å²) < 4.78 is 5.30. The number of aromatic nitrogens is 1. The zero-order valence-electron chi connectivity index (χ0n) is 11.8. The summed E-state index contributed by atoms with van der Waals surface area (Å²) in [4.78, 5) is 17.4. The van der Waals surface area contributed by atoms with E-state index in [9.17, 15) is 4.79 Å². The highest BCUT2D eigenvalue weighted by Gasteiger charge is 2.25. The molecular weight excluding hydrogens is 252 g/mol.